The van der Waals surface area contributed by atoms with Crippen LogP contribution < -0.4 is 5.11 Å². The second kappa shape index (κ2) is 2.84. The summed E-state index contributed by atoms with van der Waals surface area (Å²) in [5.74, 6) is -1.03. The number of carboxylic acid groups (broad SMARTS) is 1. The molecular weight excluding hydrogens is 168 g/mol. The first-order chi connectivity index (χ1) is 5.11. The second-order valence-corrected chi connectivity index (χ2v) is 2.31. The lowest BCUT2D eigenvalue weighted by atomic mass is 10.4. The Hall–Kier alpha value is -1.16. The number of nitrogens with zero attached hydrogens (tertiary/aromatic N) is 2. The molecule has 0 saturated heterocycles. The molecule has 4 nitrogen and oxygen atoms in total. The molecule has 0 radical (unpaired) electrons. The third-order valence-electron chi connectivity index (χ3n) is 1.06. The van der Waals surface area contributed by atoms with Gasteiger partial charge in [0.2, 0.25) is 0 Å². The van der Waals surface area contributed by atoms with Gasteiger partial charge in [-0.25, -0.2) is 9.97 Å². The zero-order valence-corrected chi connectivity index (χ0v) is 6.42. The van der Waals surface area contributed by atoms with Crippen LogP contribution in [0.4, 0.5) is 0 Å². The monoisotopic (exact) mass is 171 g/mol. The lowest BCUT2D eigenvalue weighted by Gasteiger charge is -2.02. The summed E-state index contributed by atoms with van der Waals surface area (Å²) in [6, 6.07) is 0. The number of halogens is 1. The molecular formula is C6H4ClN2O2-. The van der Waals surface area contributed by atoms with E-state index in [-0.39, 0.29) is 10.7 Å². The van der Waals surface area contributed by atoms with Crippen molar-refractivity contribution in [3.8, 4) is 0 Å². The number of carbonyl (C=O) groups is 1. The Morgan fingerprint density at radius 1 is 1.73 bits per heavy atom. The number of carbonyl (C=O) groups excluding carboxylic acids is 1. The van der Waals surface area contributed by atoms with E-state index in [9.17, 15) is 9.90 Å². The Kier molecular flexibility index (Phi) is 2.05. The maximum atomic E-state index is 10.3. The van der Waals surface area contributed by atoms with Crippen molar-refractivity contribution in [1.82, 2.24) is 9.97 Å². The van der Waals surface area contributed by atoms with Crippen molar-refractivity contribution in [3.63, 3.8) is 0 Å². The molecule has 0 aliphatic rings. The molecule has 5 heteroatoms. The van der Waals surface area contributed by atoms with Crippen LogP contribution in [0.2, 0.25) is 5.02 Å². The van der Waals surface area contributed by atoms with Crippen LogP contribution in [0.5, 0.6) is 0 Å². The highest BCUT2D eigenvalue weighted by Gasteiger charge is 2.02. The molecule has 1 rings (SSSR count). The van der Waals surface area contributed by atoms with Gasteiger partial charge in [0.15, 0.2) is 0 Å². The molecule has 0 fully saturated rings. The van der Waals surface area contributed by atoms with Crippen molar-refractivity contribution in [1.29, 1.82) is 0 Å². The van der Waals surface area contributed by atoms with E-state index >= 15 is 0 Å². The summed E-state index contributed by atoms with van der Waals surface area (Å²) >= 11 is 5.45. The van der Waals surface area contributed by atoms with Crippen LogP contribution in [0, 0.1) is 6.92 Å². The number of aromatic carboxylic acids is 1. The molecule has 1 aromatic rings. The van der Waals surface area contributed by atoms with Crippen molar-refractivity contribution in [2.24, 2.45) is 0 Å². The van der Waals surface area contributed by atoms with Gasteiger partial charge in [-0.05, 0) is 6.92 Å². The number of hydrogen-bond donors (Lipinski definition) is 0. The zero-order chi connectivity index (χ0) is 8.43. The van der Waals surface area contributed by atoms with Gasteiger partial charge >= 0.3 is 0 Å². The van der Waals surface area contributed by atoms with Gasteiger partial charge in [0, 0.05) is 6.20 Å². The average molecular weight is 172 g/mol. The van der Waals surface area contributed by atoms with Crippen LogP contribution in [0.15, 0.2) is 6.20 Å². The highest BCUT2D eigenvalue weighted by Crippen LogP contribution is 2.10. The molecule has 0 bridgehead atoms. The van der Waals surface area contributed by atoms with Crippen molar-refractivity contribution >= 4 is 17.6 Å². The number of hydrogen-bond acceptors (Lipinski definition) is 4. The minimum Gasteiger partial charge on any atom is -0.543 e. The van der Waals surface area contributed by atoms with Crippen LogP contribution in [0.1, 0.15) is 16.3 Å². The molecule has 0 atom stereocenters. The van der Waals surface area contributed by atoms with Gasteiger partial charge in [0.05, 0.1) is 11.0 Å². The first-order valence-corrected chi connectivity index (χ1v) is 3.19. The molecule has 0 amide bonds. The van der Waals surface area contributed by atoms with Crippen molar-refractivity contribution in [3.05, 3.63) is 22.7 Å². The Labute approximate surface area is 67.9 Å². The predicted molar refractivity (Wildman–Crippen MR) is 36.1 cm³/mol. The van der Waals surface area contributed by atoms with Gasteiger partial charge in [-0.3, -0.25) is 0 Å². The third kappa shape index (κ3) is 1.65. The van der Waals surface area contributed by atoms with E-state index in [1.54, 1.807) is 6.92 Å². The molecule has 0 spiro atoms. The summed E-state index contributed by atoms with van der Waals surface area (Å²) in [5, 5.41) is 10.3. The minimum absolute atomic E-state index is 0.00407. The van der Waals surface area contributed by atoms with Gasteiger partial charge in [-0.1, -0.05) is 11.6 Å². The molecule has 1 heterocycles. The van der Waals surface area contributed by atoms with E-state index in [0.29, 0.717) is 5.82 Å². The molecule has 1 aromatic heterocycles. The minimum atomic E-state index is -1.39. The molecule has 58 valence electrons. The van der Waals surface area contributed by atoms with Gasteiger partial charge in [-0.15, -0.1) is 0 Å². The maximum Gasteiger partial charge on any atom is 0.126 e. The highest BCUT2D eigenvalue weighted by atomic mass is 35.5. The van der Waals surface area contributed by atoms with E-state index in [4.69, 9.17) is 11.6 Å². The third-order valence-corrected chi connectivity index (χ3v) is 1.33. The predicted octanol–water partition coefficient (Wildman–Crippen LogP) is -0.198. The summed E-state index contributed by atoms with van der Waals surface area (Å²) in [6.45, 7) is 1.57. The Morgan fingerprint density at radius 3 is 2.82 bits per heavy atom. The molecule has 0 aliphatic heterocycles. The van der Waals surface area contributed by atoms with Crippen LogP contribution >= 0.6 is 11.6 Å². The van der Waals surface area contributed by atoms with Crippen LogP contribution in [-0.2, 0) is 0 Å². The summed E-state index contributed by atoms with van der Waals surface area (Å²) in [4.78, 5) is 17.5. The largest absolute Gasteiger partial charge is 0.543 e. The maximum absolute atomic E-state index is 10.3. The van der Waals surface area contributed by atoms with Crippen molar-refractivity contribution in [2.75, 3.05) is 0 Å². The van der Waals surface area contributed by atoms with E-state index in [0.717, 1.165) is 0 Å². The fraction of sp³-hybridized carbons (Fsp3) is 0.167. The Morgan fingerprint density at radius 2 is 2.36 bits per heavy atom. The fourth-order valence-electron chi connectivity index (χ4n) is 0.598. The van der Waals surface area contributed by atoms with Gasteiger partial charge in [0.1, 0.15) is 11.5 Å². The molecule has 0 unspecified atom stereocenters. The van der Waals surface area contributed by atoms with E-state index in [1.807, 2.05) is 0 Å². The van der Waals surface area contributed by atoms with Crippen molar-refractivity contribution in [2.45, 2.75) is 6.92 Å². The summed E-state index contributed by atoms with van der Waals surface area (Å²) in [7, 11) is 0. The van der Waals surface area contributed by atoms with Crippen LogP contribution in [0.3, 0.4) is 0 Å². The van der Waals surface area contributed by atoms with E-state index < -0.39 is 5.97 Å². The fourth-order valence-corrected chi connectivity index (χ4v) is 0.767. The van der Waals surface area contributed by atoms with Gasteiger partial charge < -0.3 is 9.90 Å². The molecule has 0 aromatic carbocycles. The van der Waals surface area contributed by atoms with Gasteiger partial charge in [0.25, 0.3) is 0 Å². The molecule has 11 heavy (non-hydrogen) atoms. The van der Waals surface area contributed by atoms with Crippen LogP contribution in [-0.4, -0.2) is 15.9 Å². The molecule has 0 N–H and O–H groups in total. The van der Waals surface area contributed by atoms with Gasteiger partial charge in [-0.2, -0.15) is 0 Å². The summed E-state index contributed by atoms with van der Waals surface area (Å²) in [6.07, 6.45) is 1.23. The number of aromatic nitrogens is 2. The molecule has 0 saturated carbocycles. The number of carboxylic acids is 1. The van der Waals surface area contributed by atoms with E-state index in [2.05, 4.69) is 9.97 Å². The lowest BCUT2D eigenvalue weighted by molar-refractivity contribution is -0.255. The Bertz CT molecular complexity index is 301. The SMILES string of the molecule is Cc1ncc(Cl)c(C(=O)[O-])n1. The smallest absolute Gasteiger partial charge is 0.126 e. The number of aryl methyl sites for hydroxylation is 1. The highest BCUT2D eigenvalue weighted by molar-refractivity contribution is 6.32. The van der Waals surface area contributed by atoms with Crippen molar-refractivity contribution < 1.29 is 9.90 Å². The quantitative estimate of drug-likeness (QED) is 0.587. The second-order valence-electron chi connectivity index (χ2n) is 1.90. The normalized spacial score (nSPS) is 9.64. The standard InChI is InChI=1S/C6H5ClN2O2/c1-3-8-2-4(7)5(9-3)6(10)11/h2H,1H3,(H,10,11)/p-1. The Balaban J connectivity index is 3.23. The average Bonchev–Trinajstić information content (AvgIpc) is 1.94. The summed E-state index contributed by atoms with van der Waals surface area (Å²) in [5.41, 5.74) is -0.265. The lowest BCUT2D eigenvalue weighted by Crippen LogP contribution is -2.24. The molecule has 0 aliphatic carbocycles. The topological polar surface area (TPSA) is 65.9 Å². The van der Waals surface area contributed by atoms with E-state index in [1.165, 1.54) is 6.20 Å². The number of rotatable bonds is 1. The first kappa shape index (κ1) is 7.94. The first-order valence-electron chi connectivity index (χ1n) is 2.81. The van der Waals surface area contributed by atoms with Crippen LogP contribution in [0.25, 0.3) is 0 Å². The summed E-state index contributed by atoms with van der Waals surface area (Å²) < 4.78 is 0. The zero-order valence-electron chi connectivity index (χ0n) is 5.67.